The predicted octanol–water partition coefficient (Wildman–Crippen LogP) is 2.21. The lowest BCUT2D eigenvalue weighted by atomic mass is 9.66. The van der Waals surface area contributed by atoms with Crippen LogP contribution in [0.5, 0.6) is 0 Å². The van der Waals surface area contributed by atoms with E-state index in [0.29, 0.717) is 29.6 Å². The van der Waals surface area contributed by atoms with E-state index in [2.05, 4.69) is 9.97 Å². The first-order valence-corrected chi connectivity index (χ1v) is 5.50. The molecule has 0 spiro atoms. The van der Waals surface area contributed by atoms with Crippen LogP contribution in [0.1, 0.15) is 25.0 Å². The van der Waals surface area contributed by atoms with Gasteiger partial charge in [0.05, 0.1) is 6.20 Å². The molecule has 1 fully saturated rings. The Kier molecular flexibility index (Phi) is 1.98. The van der Waals surface area contributed by atoms with Gasteiger partial charge in [0, 0.05) is 11.1 Å². The molecule has 1 saturated carbocycles. The molecule has 0 aromatic carbocycles. The first kappa shape index (κ1) is 10.3. The van der Waals surface area contributed by atoms with Crippen LogP contribution in [0.2, 0.25) is 0 Å². The number of carboxylic acid groups (broad SMARTS) is 1. The molecule has 17 heavy (non-hydrogen) atoms. The minimum absolute atomic E-state index is 0.416. The standard InChI is InChI=1S/C12H11FN2O2/c13-8-4-7-5-9(15-10(7)14-6-8)12(11(16)17)2-1-3-12/h4-6H,1-3H2,(H,14,15)(H,16,17). The van der Waals surface area contributed by atoms with Crippen LogP contribution in [0.25, 0.3) is 11.0 Å². The largest absolute Gasteiger partial charge is 0.481 e. The van der Waals surface area contributed by atoms with Crippen molar-refractivity contribution in [2.24, 2.45) is 0 Å². The molecule has 2 heterocycles. The summed E-state index contributed by atoms with van der Waals surface area (Å²) in [5.74, 6) is -1.24. The van der Waals surface area contributed by atoms with Crippen LogP contribution in [-0.4, -0.2) is 21.0 Å². The van der Waals surface area contributed by atoms with Crippen LogP contribution in [0, 0.1) is 5.82 Å². The lowest BCUT2D eigenvalue weighted by Crippen LogP contribution is -2.42. The Morgan fingerprint density at radius 1 is 1.47 bits per heavy atom. The zero-order chi connectivity index (χ0) is 12.0. The van der Waals surface area contributed by atoms with Gasteiger partial charge in [0.15, 0.2) is 0 Å². The fourth-order valence-electron chi connectivity index (χ4n) is 2.38. The molecule has 0 radical (unpaired) electrons. The van der Waals surface area contributed by atoms with Gasteiger partial charge in [-0.15, -0.1) is 0 Å². The summed E-state index contributed by atoms with van der Waals surface area (Å²) in [5.41, 5.74) is 0.343. The van der Waals surface area contributed by atoms with E-state index in [9.17, 15) is 14.3 Å². The van der Waals surface area contributed by atoms with E-state index in [0.717, 1.165) is 12.6 Å². The van der Waals surface area contributed by atoms with Crippen molar-refractivity contribution in [3.63, 3.8) is 0 Å². The first-order valence-electron chi connectivity index (χ1n) is 5.50. The lowest BCUT2D eigenvalue weighted by molar-refractivity contribution is -0.147. The number of aliphatic carboxylic acids is 1. The van der Waals surface area contributed by atoms with E-state index in [1.807, 2.05) is 0 Å². The molecule has 4 nitrogen and oxygen atoms in total. The summed E-state index contributed by atoms with van der Waals surface area (Å²) in [5, 5.41) is 9.92. The summed E-state index contributed by atoms with van der Waals surface area (Å²) in [6, 6.07) is 3.05. The van der Waals surface area contributed by atoms with E-state index in [4.69, 9.17) is 0 Å². The highest BCUT2D eigenvalue weighted by Crippen LogP contribution is 2.44. The van der Waals surface area contributed by atoms with Crippen LogP contribution in [0.3, 0.4) is 0 Å². The van der Waals surface area contributed by atoms with Crippen molar-refractivity contribution in [3.05, 3.63) is 29.8 Å². The van der Waals surface area contributed by atoms with Crippen molar-refractivity contribution in [2.75, 3.05) is 0 Å². The van der Waals surface area contributed by atoms with Gasteiger partial charge in [0.2, 0.25) is 0 Å². The van der Waals surface area contributed by atoms with Gasteiger partial charge in [0.1, 0.15) is 16.9 Å². The Balaban J connectivity index is 2.14. The van der Waals surface area contributed by atoms with Gasteiger partial charge in [-0.25, -0.2) is 9.37 Å². The maximum absolute atomic E-state index is 13.0. The zero-order valence-corrected chi connectivity index (χ0v) is 9.03. The average molecular weight is 234 g/mol. The maximum atomic E-state index is 13.0. The molecule has 2 N–H and O–H groups in total. The smallest absolute Gasteiger partial charge is 0.315 e. The highest BCUT2D eigenvalue weighted by molar-refractivity contribution is 5.85. The number of hydrogen-bond donors (Lipinski definition) is 2. The van der Waals surface area contributed by atoms with E-state index in [-0.39, 0.29) is 0 Å². The molecule has 1 aliphatic carbocycles. The fourth-order valence-corrected chi connectivity index (χ4v) is 2.38. The number of hydrogen-bond acceptors (Lipinski definition) is 2. The van der Waals surface area contributed by atoms with Gasteiger partial charge in [0.25, 0.3) is 0 Å². The number of carbonyl (C=O) groups is 1. The molecule has 2 aromatic heterocycles. The molecule has 88 valence electrons. The number of nitrogens with one attached hydrogen (secondary N) is 1. The maximum Gasteiger partial charge on any atom is 0.315 e. The van der Waals surface area contributed by atoms with E-state index < -0.39 is 17.2 Å². The molecule has 0 unspecified atom stereocenters. The number of pyridine rings is 1. The number of aromatic amines is 1. The number of halogens is 1. The fraction of sp³-hybridized carbons (Fsp3) is 0.333. The van der Waals surface area contributed by atoms with Crippen molar-refractivity contribution >= 4 is 17.0 Å². The van der Waals surface area contributed by atoms with Gasteiger partial charge in [-0.1, -0.05) is 6.42 Å². The topological polar surface area (TPSA) is 66.0 Å². The second-order valence-corrected chi connectivity index (χ2v) is 4.52. The normalized spacial score (nSPS) is 17.9. The number of H-pyrrole nitrogens is 1. The van der Waals surface area contributed by atoms with Gasteiger partial charge in [-0.2, -0.15) is 0 Å². The molecule has 3 rings (SSSR count). The molecule has 1 aliphatic rings. The van der Waals surface area contributed by atoms with Crippen LogP contribution in [0.4, 0.5) is 4.39 Å². The number of nitrogens with zero attached hydrogens (tertiary/aromatic N) is 1. The Bertz CT molecular complexity index is 602. The lowest BCUT2D eigenvalue weighted by Gasteiger charge is -2.36. The van der Waals surface area contributed by atoms with E-state index in [1.54, 1.807) is 6.07 Å². The Morgan fingerprint density at radius 3 is 2.82 bits per heavy atom. The van der Waals surface area contributed by atoms with Crippen LogP contribution < -0.4 is 0 Å². The molecular formula is C12H11FN2O2. The third kappa shape index (κ3) is 1.35. The molecular weight excluding hydrogens is 223 g/mol. The minimum Gasteiger partial charge on any atom is -0.481 e. The Labute approximate surface area is 96.5 Å². The van der Waals surface area contributed by atoms with Crippen molar-refractivity contribution in [1.82, 2.24) is 9.97 Å². The monoisotopic (exact) mass is 234 g/mol. The second-order valence-electron chi connectivity index (χ2n) is 4.52. The summed E-state index contributed by atoms with van der Waals surface area (Å²) in [6.45, 7) is 0. The predicted molar refractivity (Wildman–Crippen MR) is 59.2 cm³/mol. The van der Waals surface area contributed by atoms with E-state index >= 15 is 0 Å². The Hall–Kier alpha value is -1.91. The van der Waals surface area contributed by atoms with Crippen LogP contribution in [0.15, 0.2) is 18.3 Å². The molecule has 0 saturated heterocycles. The quantitative estimate of drug-likeness (QED) is 0.837. The SMILES string of the molecule is O=C(O)C1(c2cc3cc(F)cnc3[nH]2)CCC1. The highest BCUT2D eigenvalue weighted by atomic mass is 19.1. The van der Waals surface area contributed by atoms with Crippen molar-refractivity contribution in [1.29, 1.82) is 0 Å². The minimum atomic E-state index is -0.823. The molecule has 0 bridgehead atoms. The van der Waals surface area contributed by atoms with Crippen LogP contribution >= 0.6 is 0 Å². The van der Waals surface area contributed by atoms with Crippen molar-refractivity contribution in [3.8, 4) is 0 Å². The molecule has 0 aliphatic heterocycles. The third-order valence-electron chi connectivity index (χ3n) is 3.57. The highest BCUT2D eigenvalue weighted by Gasteiger charge is 2.47. The molecule has 0 atom stereocenters. The van der Waals surface area contributed by atoms with Crippen LogP contribution in [-0.2, 0) is 10.2 Å². The van der Waals surface area contributed by atoms with Crippen molar-refractivity contribution < 1.29 is 14.3 Å². The number of aromatic nitrogens is 2. The summed E-state index contributed by atoms with van der Waals surface area (Å²) in [4.78, 5) is 18.2. The third-order valence-corrected chi connectivity index (χ3v) is 3.57. The summed E-state index contributed by atoms with van der Waals surface area (Å²) in [7, 11) is 0. The van der Waals surface area contributed by atoms with Gasteiger partial charge >= 0.3 is 5.97 Å². The number of carboxylic acids is 1. The molecule has 5 heteroatoms. The van der Waals surface area contributed by atoms with Gasteiger partial charge in [-0.3, -0.25) is 4.79 Å². The average Bonchev–Trinajstić information content (AvgIpc) is 2.57. The summed E-state index contributed by atoms with van der Waals surface area (Å²) >= 11 is 0. The number of rotatable bonds is 2. The Morgan fingerprint density at radius 2 is 2.24 bits per heavy atom. The second kappa shape index (κ2) is 3.29. The van der Waals surface area contributed by atoms with Gasteiger partial charge < -0.3 is 10.1 Å². The number of fused-ring (bicyclic) bond motifs is 1. The summed E-state index contributed by atoms with van der Waals surface area (Å²) in [6.07, 6.45) is 3.27. The summed E-state index contributed by atoms with van der Waals surface area (Å²) < 4.78 is 13.0. The first-order chi connectivity index (χ1) is 8.12. The molecule has 2 aromatic rings. The zero-order valence-electron chi connectivity index (χ0n) is 9.03. The van der Waals surface area contributed by atoms with E-state index in [1.165, 1.54) is 6.07 Å². The van der Waals surface area contributed by atoms with Crippen molar-refractivity contribution in [2.45, 2.75) is 24.7 Å². The van der Waals surface area contributed by atoms with Gasteiger partial charge in [-0.05, 0) is 25.0 Å². The molecule has 0 amide bonds.